The third kappa shape index (κ3) is 2.68. The molecule has 2 amide bonds. The van der Waals surface area contributed by atoms with Crippen molar-refractivity contribution in [2.75, 3.05) is 4.90 Å². The fourth-order valence-corrected chi connectivity index (χ4v) is 3.21. The molecular formula is C18H15ClN4O2. The van der Waals surface area contributed by atoms with Crippen molar-refractivity contribution >= 4 is 29.1 Å². The summed E-state index contributed by atoms with van der Waals surface area (Å²) >= 11 is 5.90. The van der Waals surface area contributed by atoms with E-state index >= 15 is 0 Å². The topological polar surface area (TPSA) is 65.3 Å². The van der Waals surface area contributed by atoms with Crippen molar-refractivity contribution in [2.24, 2.45) is 10.3 Å². The van der Waals surface area contributed by atoms with Crippen LogP contribution < -0.4 is 4.90 Å². The number of benzene rings is 2. The minimum atomic E-state index is -0.777. The van der Waals surface area contributed by atoms with E-state index in [-0.39, 0.29) is 11.8 Å². The Balaban J connectivity index is 1.59. The molecule has 7 heteroatoms. The molecular weight excluding hydrogens is 340 g/mol. The molecule has 0 aliphatic carbocycles. The Hall–Kier alpha value is -2.73. The van der Waals surface area contributed by atoms with Gasteiger partial charge in [-0.25, -0.2) is 4.90 Å². The van der Waals surface area contributed by atoms with Gasteiger partial charge in [-0.1, -0.05) is 46.7 Å². The second-order valence-electron chi connectivity index (χ2n) is 6.17. The lowest BCUT2D eigenvalue weighted by Crippen LogP contribution is -2.39. The molecule has 25 heavy (non-hydrogen) atoms. The third-order valence-corrected chi connectivity index (χ3v) is 4.66. The molecule has 2 aliphatic rings. The van der Waals surface area contributed by atoms with Crippen LogP contribution in [0.3, 0.4) is 0 Å². The number of nitrogens with zero attached hydrogens (tertiary/aromatic N) is 4. The number of carbonyl (C=O) groups is 2. The molecule has 2 aromatic rings. The molecule has 6 nitrogen and oxygen atoms in total. The lowest BCUT2D eigenvalue weighted by Gasteiger charge is -2.20. The summed E-state index contributed by atoms with van der Waals surface area (Å²) in [5.41, 5.74) is 2.57. The first-order valence-electron chi connectivity index (χ1n) is 7.91. The molecule has 2 aromatic carbocycles. The highest BCUT2D eigenvalue weighted by Gasteiger charge is 2.54. The largest absolute Gasteiger partial charge is 0.271 e. The predicted molar refractivity (Wildman–Crippen MR) is 93.1 cm³/mol. The van der Waals surface area contributed by atoms with Crippen molar-refractivity contribution in [3.63, 3.8) is 0 Å². The van der Waals surface area contributed by atoms with Gasteiger partial charge in [-0.15, -0.1) is 0 Å². The van der Waals surface area contributed by atoms with E-state index in [0.29, 0.717) is 17.3 Å². The maximum absolute atomic E-state index is 12.9. The fourth-order valence-electron chi connectivity index (χ4n) is 3.08. The summed E-state index contributed by atoms with van der Waals surface area (Å²) in [5.74, 6) is -0.626. The second kappa shape index (κ2) is 5.97. The standard InChI is InChI=1S/C18H15ClN4O2/c1-11-2-8-14(9-3-11)23-17(24)15-16(18(23)25)22(21-20-15)10-12-4-6-13(19)7-5-12/h2-9,15-16H,10H2,1H3/t15-,16+/m1/s1. The van der Waals surface area contributed by atoms with Crippen LogP contribution >= 0.6 is 11.6 Å². The molecule has 0 spiro atoms. The molecule has 126 valence electrons. The minimum absolute atomic E-state index is 0.294. The van der Waals surface area contributed by atoms with E-state index in [1.54, 1.807) is 29.3 Å². The van der Waals surface area contributed by atoms with Crippen LogP contribution in [0.5, 0.6) is 0 Å². The zero-order valence-corrected chi connectivity index (χ0v) is 14.2. The number of anilines is 1. The van der Waals surface area contributed by atoms with E-state index < -0.39 is 12.1 Å². The summed E-state index contributed by atoms with van der Waals surface area (Å²) in [6, 6.07) is 13.1. The van der Waals surface area contributed by atoms with Gasteiger partial charge in [0.1, 0.15) is 0 Å². The normalized spacial score (nSPS) is 22.0. The summed E-state index contributed by atoms with van der Waals surface area (Å²) in [5, 5.41) is 10.3. The first kappa shape index (κ1) is 15.8. The van der Waals surface area contributed by atoms with Crippen molar-refractivity contribution < 1.29 is 9.59 Å². The van der Waals surface area contributed by atoms with Gasteiger partial charge in [-0.05, 0) is 36.8 Å². The molecule has 0 N–H and O–H groups in total. The van der Waals surface area contributed by atoms with Crippen LogP contribution in [-0.4, -0.2) is 28.9 Å². The van der Waals surface area contributed by atoms with Crippen LogP contribution in [0.1, 0.15) is 11.1 Å². The van der Waals surface area contributed by atoms with E-state index in [4.69, 9.17) is 11.6 Å². The number of hydrogen-bond acceptors (Lipinski definition) is 5. The Morgan fingerprint density at radius 1 is 1.00 bits per heavy atom. The minimum Gasteiger partial charge on any atom is -0.271 e. The summed E-state index contributed by atoms with van der Waals surface area (Å²) in [7, 11) is 0. The van der Waals surface area contributed by atoms with Gasteiger partial charge in [0, 0.05) is 5.02 Å². The first-order valence-corrected chi connectivity index (χ1v) is 8.29. The molecule has 1 fully saturated rings. The van der Waals surface area contributed by atoms with Crippen molar-refractivity contribution in [2.45, 2.75) is 25.6 Å². The van der Waals surface area contributed by atoms with Crippen LogP contribution in [-0.2, 0) is 16.1 Å². The van der Waals surface area contributed by atoms with Gasteiger partial charge in [0.2, 0.25) is 0 Å². The van der Waals surface area contributed by atoms with Gasteiger partial charge in [-0.3, -0.25) is 14.6 Å². The average molecular weight is 355 g/mol. The molecule has 0 bridgehead atoms. The molecule has 0 aromatic heterocycles. The maximum Gasteiger partial charge on any atom is 0.263 e. The van der Waals surface area contributed by atoms with Gasteiger partial charge < -0.3 is 0 Å². The van der Waals surface area contributed by atoms with Crippen LogP contribution in [0, 0.1) is 6.92 Å². The number of aryl methyl sites for hydroxylation is 1. The third-order valence-electron chi connectivity index (χ3n) is 4.41. The number of hydrogen-bond donors (Lipinski definition) is 0. The number of halogens is 1. The van der Waals surface area contributed by atoms with Crippen molar-refractivity contribution in [1.82, 2.24) is 5.01 Å². The van der Waals surface area contributed by atoms with Crippen LogP contribution in [0.25, 0.3) is 0 Å². The summed E-state index contributed by atoms with van der Waals surface area (Å²) < 4.78 is 0. The van der Waals surface area contributed by atoms with Gasteiger partial charge in [-0.2, -0.15) is 5.11 Å². The average Bonchev–Trinajstić information content (AvgIpc) is 3.12. The highest BCUT2D eigenvalue weighted by molar-refractivity contribution is 6.30. The fraction of sp³-hybridized carbons (Fsp3) is 0.222. The summed E-state index contributed by atoms with van der Waals surface area (Å²) in [4.78, 5) is 26.7. The molecule has 1 saturated heterocycles. The van der Waals surface area contributed by atoms with E-state index in [1.807, 2.05) is 31.2 Å². The highest BCUT2D eigenvalue weighted by atomic mass is 35.5. The van der Waals surface area contributed by atoms with Crippen LogP contribution in [0.2, 0.25) is 5.02 Å². The lowest BCUT2D eigenvalue weighted by atomic mass is 10.1. The smallest absolute Gasteiger partial charge is 0.263 e. The maximum atomic E-state index is 12.9. The summed E-state index contributed by atoms with van der Waals surface area (Å²) in [6.07, 6.45) is 0. The van der Waals surface area contributed by atoms with E-state index in [1.165, 1.54) is 4.90 Å². The van der Waals surface area contributed by atoms with E-state index in [2.05, 4.69) is 10.3 Å². The van der Waals surface area contributed by atoms with E-state index in [9.17, 15) is 9.59 Å². The zero-order valence-electron chi connectivity index (χ0n) is 13.5. The molecule has 2 atom stereocenters. The van der Waals surface area contributed by atoms with Gasteiger partial charge >= 0.3 is 0 Å². The monoisotopic (exact) mass is 354 g/mol. The first-order chi connectivity index (χ1) is 12.0. The van der Waals surface area contributed by atoms with E-state index in [0.717, 1.165) is 11.1 Å². The lowest BCUT2D eigenvalue weighted by molar-refractivity contribution is -0.123. The zero-order chi connectivity index (χ0) is 17.6. The molecule has 2 aliphatic heterocycles. The molecule has 0 saturated carbocycles. The Morgan fingerprint density at radius 3 is 2.36 bits per heavy atom. The molecule has 0 unspecified atom stereocenters. The molecule has 4 rings (SSSR count). The summed E-state index contributed by atoms with van der Waals surface area (Å²) in [6.45, 7) is 2.34. The molecule has 2 heterocycles. The Labute approximate surface area is 149 Å². The Kier molecular flexibility index (Phi) is 3.77. The van der Waals surface area contributed by atoms with Crippen molar-refractivity contribution in [3.8, 4) is 0 Å². The molecule has 0 radical (unpaired) electrons. The van der Waals surface area contributed by atoms with Crippen LogP contribution in [0.15, 0.2) is 58.9 Å². The Bertz CT molecular complexity index is 864. The quantitative estimate of drug-likeness (QED) is 0.795. The number of imide groups is 1. The highest BCUT2D eigenvalue weighted by Crippen LogP contribution is 2.32. The van der Waals surface area contributed by atoms with Crippen molar-refractivity contribution in [3.05, 3.63) is 64.7 Å². The number of carbonyl (C=O) groups excluding carboxylic acids is 2. The van der Waals surface area contributed by atoms with Gasteiger partial charge in [0.05, 0.1) is 12.2 Å². The number of fused-ring (bicyclic) bond motifs is 1. The van der Waals surface area contributed by atoms with Gasteiger partial charge in [0.15, 0.2) is 12.1 Å². The van der Waals surface area contributed by atoms with Gasteiger partial charge in [0.25, 0.3) is 11.8 Å². The van der Waals surface area contributed by atoms with Crippen molar-refractivity contribution in [1.29, 1.82) is 0 Å². The number of amides is 2. The SMILES string of the molecule is Cc1ccc(N2C(=O)[C@@H]3[C@@H](N=NN3Cc3ccc(Cl)cc3)C2=O)cc1. The Morgan fingerprint density at radius 2 is 1.68 bits per heavy atom. The predicted octanol–water partition coefficient (Wildman–Crippen LogP) is 3.14. The second-order valence-corrected chi connectivity index (χ2v) is 6.60. The number of rotatable bonds is 3. The van der Waals surface area contributed by atoms with Crippen LogP contribution in [0.4, 0.5) is 5.69 Å².